The maximum atomic E-state index is 12.0. The van der Waals surface area contributed by atoms with Gasteiger partial charge in [0.15, 0.2) is 0 Å². The molecule has 11 nitrogen and oxygen atoms in total. The van der Waals surface area contributed by atoms with Gasteiger partial charge in [0.1, 0.15) is 17.6 Å². The molecule has 4 aliphatic heterocycles. The van der Waals surface area contributed by atoms with E-state index in [0.717, 1.165) is 61.4 Å². The van der Waals surface area contributed by atoms with Crippen molar-refractivity contribution >= 4 is 21.1 Å². The number of hydrogen-bond acceptors (Lipinski definition) is 10. The molecule has 0 aromatic carbocycles. The molecular weight excluding hydrogens is 576 g/mol. The summed E-state index contributed by atoms with van der Waals surface area (Å²) in [6, 6.07) is 13.3. The van der Waals surface area contributed by atoms with Gasteiger partial charge >= 0.3 is 0 Å². The molecule has 12 heteroatoms. The Morgan fingerprint density at radius 2 is 1.91 bits per heavy atom. The highest BCUT2D eigenvalue weighted by molar-refractivity contribution is 7.92. The van der Waals surface area contributed by atoms with Gasteiger partial charge in [-0.2, -0.15) is 10.4 Å². The number of piperazine rings is 1. The van der Waals surface area contributed by atoms with Crippen molar-refractivity contribution in [3.63, 3.8) is 0 Å². The zero-order chi connectivity index (χ0) is 30.3. The molecule has 44 heavy (non-hydrogen) atoms. The Kier molecular flexibility index (Phi) is 7.60. The van der Waals surface area contributed by atoms with E-state index >= 15 is 0 Å². The van der Waals surface area contributed by atoms with E-state index in [4.69, 9.17) is 19.2 Å². The average Bonchev–Trinajstić information content (AvgIpc) is 3.47. The number of pyridine rings is 3. The van der Waals surface area contributed by atoms with E-state index in [2.05, 4.69) is 44.2 Å². The van der Waals surface area contributed by atoms with Crippen molar-refractivity contribution in [3.8, 4) is 28.8 Å². The first kappa shape index (κ1) is 28.6. The van der Waals surface area contributed by atoms with Crippen molar-refractivity contribution in [3.05, 3.63) is 66.2 Å². The molecule has 0 aliphatic carbocycles. The minimum Gasteiger partial charge on any atom is -0.492 e. The fraction of sp³-hybridized carbons (Fsp3) is 0.438. The third-order valence-electron chi connectivity index (χ3n) is 9.31. The highest BCUT2D eigenvalue weighted by Crippen LogP contribution is 2.37. The van der Waals surface area contributed by atoms with Gasteiger partial charge in [0.25, 0.3) is 0 Å². The van der Waals surface area contributed by atoms with E-state index in [1.165, 1.54) is 12.0 Å². The molecular formula is C32H36N8O3S. The normalized spacial score (nSPS) is 24.9. The van der Waals surface area contributed by atoms with E-state index in [9.17, 15) is 9.47 Å². The Bertz CT molecular complexity index is 1770. The average molecular weight is 613 g/mol. The van der Waals surface area contributed by atoms with E-state index in [1.807, 2.05) is 30.7 Å². The summed E-state index contributed by atoms with van der Waals surface area (Å²) >= 11 is 0. The first-order chi connectivity index (χ1) is 21.4. The molecule has 4 aromatic rings. The molecule has 8 rings (SSSR count). The lowest BCUT2D eigenvalue weighted by Gasteiger charge is -2.56. The Morgan fingerprint density at radius 3 is 2.59 bits per heavy atom. The lowest BCUT2D eigenvalue weighted by Crippen LogP contribution is -2.68. The predicted octanol–water partition coefficient (Wildman–Crippen LogP) is 4.36. The van der Waals surface area contributed by atoms with Crippen LogP contribution < -0.4 is 14.4 Å². The predicted molar refractivity (Wildman–Crippen MR) is 167 cm³/mol. The third kappa shape index (κ3) is 5.69. The molecule has 228 valence electrons. The SMILES string of the molecule is COc1ccc(CN2C3CC2CN(c2ccc(-c4cc(OCCC5CCS(=N)(=O)CC5)cn5ncc(C#N)c45)cn2)C3)cn1. The van der Waals surface area contributed by atoms with E-state index in [-0.39, 0.29) is 0 Å². The molecule has 2 unspecified atom stereocenters. The van der Waals surface area contributed by atoms with Crippen molar-refractivity contribution in [2.24, 2.45) is 5.92 Å². The Hall–Kier alpha value is -4.21. The number of fused-ring (bicyclic) bond motifs is 3. The number of piperidine rings is 1. The molecule has 0 amide bonds. The van der Waals surface area contributed by atoms with Crippen molar-refractivity contribution in [1.82, 2.24) is 24.5 Å². The van der Waals surface area contributed by atoms with Crippen LogP contribution in [0.25, 0.3) is 16.6 Å². The fourth-order valence-corrected chi connectivity index (χ4v) is 8.40. The van der Waals surface area contributed by atoms with Crippen molar-refractivity contribution in [2.45, 2.75) is 44.3 Å². The summed E-state index contributed by atoms with van der Waals surface area (Å²) in [5.41, 5.74) is 4.17. The van der Waals surface area contributed by atoms with Crippen LogP contribution in [0.5, 0.6) is 11.6 Å². The summed E-state index contributed by atoms with van der Waals surface area (Å²) in [5.74, 6) is 3.66. The van der Waals surface area contributed by atoms with Gasteiger partial charge < -0.3 is 14.4 Å². The van der Waals surface area contributed by atoms with Crippen molar-refractivity contribution in [1.29, 1.82) is 10.0 Å². The molecule has 0 saturated carbocycles. The highest BCUT2D eigenvalue weighted by atomic mass is 32.2. The molecule has 0 spiro atoms. The number of nitrogens with one attached hydrogen (secondary N) is 1. The standard InChI is InChI=1S/C32H36N8O3S/c1-42-31-5-2-23(15-36-31)18-39-26-12-27(39)20-38(19-26)30-4-3-24(16-35-30)29-13-28(21-40-32(29)25(14-33)17-37-40)43-9-6-22-7-10-44(34,41)11-8-22/h2-5,13,15-17,21-22,26-27,34H,6-12,18-20H2,1H3. The molecule has 8 heterocycles. The van der Waals surface area contributed by atoms with Crippen LogP contribution in [0.1, 0.15) is 36.8 Å². The van der Waals surface area contributed by atoms with Gasteiger partial charge in [0, 0.05) is 82.5 Å². The minimum absolute atomic E-state index is 0.428. The second-order valence-electron chi connectivity index (χ2n) is 12.1. The summed E-state index contributed by atoms with van der Waals surface area (Å²) in [6.07, 6.45) is 10.9. The first-order valence-electron chi connectivity index (χ1n) is 15.1. The number of hydrogen-bond donors (Lipinski definition) is 1. The Balaban J connectivity index is 1.03. The molecule has 4 aliphatic rings. The number of aromatic nitrogens is 4. The molecule has 4 aromatic heterocycles. The summed E-state index contributed by atoms with van der Waals surface area (Å²) in [4.78, 5) is 14.1. The lowest BCUT2D eigenvalue weighted by atomic mass is 9.87. The van der Waals surface area contributed by atoms with E-state index < -0.39 is 9.73 Å². The summed E-state index contributed by atoms with van der Waals surface area (Å²) in [7, 11) is -0.745. The second-order valence-corrected chi connectivity index (χ2v) is 14.5. The van der Waals surface area contributed by atoms with E-state index in [1.54, 1.807) is 17.8 Å². The lowest BCUT2D eigenvalue weighted by molar-refractivity contribution is -0.00876. The summed E-state index contributed by atoms with van der Waals surface area (Å²) < 4.78 is 32.9. The van der Waals surface area contributed by atoms with Crippen LogP contribution in [0.2, 0.25) is 0 Å². The van der Waals surface area contributed by atoms with Gasteiger partial charge in [-0.3, -0.25) is 9.68 Å². The van der Waals surface area contributed by atoms with Gasteiger partial charge in [-0.15, -0.1) is 0 Å². The first-order valence-corrected chi connectivity index (χ1v) is 17.0. The topological polar surface area (TPSA) is 133 Å². The monoisotopic (exact) mass is 612 g/mol. The zero-order valence-corrected chi connectivity index (χ0v) is 25.6. The van der Waals surface area contributed by atoms with Crippen LogP contribution in [0, 0.1) is 22.0 Å². The summed E-state index contributed by atoms with van der Waals surface area (Å²) in [5, 5.41) is 14.2. The smallest absolute Gasteiger partial charge is 0.212 e. The van der Waals surface area contributed by atoms with Crippen LogP contribution in [-0.2, 0) is 16.3 Å². The number of anilines is 1. The van der Waals surface area contributed by atoms with Crippen molar-refractivity contribution < 1.29 is 13.7 Å². The third-order valence-corrected chi connectivity index (χ3v) is 11.1. The minimum atomic E-state index is -2.38. The van der Waals surface area contributed by atoms with Gasteiger partial charge in [-0.25, -0.2) is 18.7 Å². The van der Waals surface area contributed by atoms with Crippen LogP contribution in [0.3, 0.4) is 0 Å². The Morgan fingerprint density at radius 1 is 1.09 bits per heavy atom. The molecule has 4 saturated heterocycles. The molecule has 2 bridgehead atoms. The van der Waals surface area contributed by atoms with Crippen LogP contribution in [-0.4, -0.2) is 79.1 Å². The van der Waals surface area contributed by atoms with Gasteiger partial charge in [0.05, 0.1) is 37.2 Å². The molecule has 1 N–H and O–H groups in total. The summed E-state index contributed by atoms with van der Waals surface area (Å²) in [6.45, 7) is 3.28. The number of methoxy groups -OCH3 is 1. The molecule has 2 atom stereocenters. The number of nitrogens with zero attached hydrogens (tertiary/aromatic N) is 7. The quantitative estimate of drug-likeness (QED) is 0.293. The highest BCUT2D eigenvalue weighted by Gasteiger charge is 2.44. The van der Waals surface area contributed by atoms with Crippen LogP contribution in [0.4, 0.5) is 5.82 Å². The number of ether oxygens (including phenoxy) is 2. The Labute approximate surface area is 257 Å². The number of nitriles is 1. The maximum Gasteiger partial charge on any atom is 0.212 e. The van der Waals surface area contributed by atoms with Gasteiger partial charge in [-0.1, -0.05) is 6.07 Å². The van der Waals surface area contributed by atoms with Crippen molar-refractivity contribution in [2.75, 3.05) is 43.2 Å². The second kappa shape index (κ2) is 11.7. The zero-order valence-electron chi connectivity index (χ0n) is 24.8. The largest absolute Gasteiger partial charge is 0.492 e. The number of rotatable bonds is 9. The maximum absolute atomic E-state index is 12.0. The molecule has 4 fully saturated rings. The van der Waals surface area contributed by atoms with Gasteiger partial charge in [-0.05, 0) is 55.4 Å². The van der Waals surface area contributed by atoms with E-state index in [0.29, 0.717) is 53.3 Å². The molecule has 0 radical (unpaired) electrons. The van der Waals surface area contributed by atoms with Crippen LogP contribution in [0.15, 0.2) is 55.1 Å². The fourth-order valence-electron chi connectivity index (χ4n) is 6.77. The van der Waals surface area contributed by atoms with Gasteiger partial charge in [0.2, 0.25) is 5.88 Å². The van der Waals surface area contributed by atoms with Crippen LogP contribution >= 0.6 is 0 Å².